The second-order valence-electron chi connectivity index (χ2n) is 4.68. The summed E-state index contributed by atoms with van der Waals surface area (Å²) in [6.45, 7) is 3.57. The van der Waals surface area contributed by atoms with Gasteiger partial charge in [0.2, 0.25) is 0 Å². The highest BCUT2D eigenvalue weighted by Crippen LogP contribution is 2.09. The van der Waals surface area contributed by atoms with Crippen molar-refractivity contribution in [2.75, 3.05) is 13.6 Å². The Morgan fingerprint density at radius 2 is 2.23 bits per heavy atom. The first-order valence-corrected chi connectivity index (χ1v) is 8.45. The van der Waals surface area contributed by atoms with E-state index >= 15 is 0 Å². The number of aryl methyl sites for hydroxylation is 1. The molecule has 0 aromatic carbocycles. The fraction of sp³-hybridized carbons (Fsp3) is 0.400. The largest absolute Gasteiger partial charge is 0.356 e. The molecule has 5 nitrogen and oxygen atoms in total. The molecule has 2 aromatic rings. The van der Waals surface area contributed by atoms with Crippen molar-refractivity contribution in [1.82, 2.24) is 20.6 Å². The van der Waals surface area contributed by atoms with E-state index in [-0.39, 0.29) is 0 Å². The number of thiazole rings is 1. The Morgan fingerprint density at radius 3 is 2.86 bits per heavy atom. The maximum absolute atomic E-state index is 5.77. The lowest BCUT2D eigenvalue weighted by atomic mass is 10.2. The maximum Gasteiger partial charge on any atom is 0.191 e. The molecule has 0 fully saturated rings. The average Bonchev–Trinajstić information content (AvgIpc) is 3.00. The molecule has 7 heteroatoms. The number of aromatic nitrogens is 2. The van der Waals surface area contributed by atoms with E-state index in [1.54, 1.807) is 30.6 Å². The van der Waals surface area contributed by atoms with Crippen LogP contribution in [0.3, 0.4) is 0 Å². The van der Waals surface area contributed by atoms with Crippen molar-refractivity contribution in [3.05, 3.63) is 45.1 Å². The Balaban J connectivity index is 1.74. The van der Waals surface area contributed by atoms with E-state index in [2.05, 4.69) is 37.9 Å². The maximum atomic E-state index is 5.77. The number of aliphatic imine (C=N–C) groups is 1. The highest BCUT2D eigenvalue weighted by molar-refractivity contribution is 7.09. The molecule has 22 heavy (non-hydrogen) atoms. The SMILES string of the molecule is CCc1nc(CNC(=NC)NCCc2ccc(Cl)nc2)cs1. The molecule has 0 aliphatic heterocycles. The summed E-state index contributed by atoms with van der Waals surface area (Å²) in [5.41, 5.74) is 2.19. The van der Waals surface area contributed by atoms with Crippen LogP contribution >= 0.6 is 22.9 Å². The molecular weight excluding hydrogens is 318 g/mol. The van der Waals surface area contributed by atoms with E-state index in [9.17, 15) is 0 Å². The van der Waals surface area contributed by atoms with E-state index in [1.165, 1.54) is 0 Å². The molecule has 2 aromatic heterocycles. The number of halogens is 1. The van der Waals surface area contributed by atoms with Crippen molar-refractivity contribution in [3.8, 4) is 0 Å². The fourth-order valence-corrected chi connectivity index (χ4v) is 2.72. The zero-order valence-corrected chi connectivity index (χ0v) is 14.3. The van der Waals surface area contributed by atoms with Crippen molar-refractivity contribution in [3.63, 3.8) is 0 Å². The van der Waals surface area contributed by atoms with Gasteiger partial charge in [-0.3, -0.25) is 4.99 Å². The van der Waals surface area contributed by atoms with Gasteiger partial charge in [-0.15, -0.1) is 11.3 Å². The molecule has 2 heterocycles. The molecular formula is C15H20ClN5S. The van der Waals surface area contributed by atoms with Crippen molar-refractivity contribution in [2.45, 2.75) is 26.3 Å². The minimum atomic E-state index is 0.517. The lowest BCUT2D eigenvalue weighted by Crippen LogP contribution is -2.37. The van der Waals surface area contributed by atoms with E-state index in [1.807, 2.05) is 6.07 Å². The predicted octanol–water partition coefficient (Wildman–Crippen LogP) is 2.66. The van der Waals surface area contributed by atoms with Crippen LogP contribution in [0.4, 0.5) is 0 Å². The van der Waals surface area contributed by atoms with Gasteiger partial charge in [0, 0.05) is 25.2 Å². The predicted molar refractivity (Wildman–Crippen MR) is 92.6 cm³/mol. The van der Waals surface area contributed by atoms with Gasteiger partial charge in [0.1, 0.15) is 5.15 Å². The van der Waals surface area contributed by atoms with Gasteiger partial charge in [0.15, 0.2) is 5.96 Å². The Bertz CT molecular complexity index is 609. The first-order chi connectivity index (χ1) is 10.7. The zero-order valence-electron chi connectivity index (χ0n) is 12.8. The van der Waals surface area contributed by atoms with Gasteiger partial charge < -0.3 is 10.6 Å². The molecule has 0 aliphatic rings. The average molecular weight is 338 g/mol. The second-order valence-corrected chi connectivity index (χ2v) is 6.01. The smallest absolute Gasteiger partial charge is 0.191 e. The number of guanidine groups is 1. The van der Waals surface area contributed by atoms with Gasteiger partial charge in [-0.2, -0.15) is 0 Å². The highest BCUT2D eigenvalue weighted by Gasteiger charge is 2.02. The van der Waals surface area contributed by atoms with Gasteiger partial charge in [0.05, 0.1) is 17.2 Å². The molecule has 0 atom stereocenters. The van der Waals surface area contributed by atoms with Gasteiger partial charge in [-0.25, -0.2) is 9.97 Å². The quantitative estimate of drug-likeness (QED) is 0.483. The second kappa shape index (κ2) is 8.70. The molecule has 0 saturated heterocycles. The molecule has 0 amide bonds. The summed E-state index contributed by atoms with van der Waals surface area (Å²) in [4.78, 5) is 12.8. The van der Waals surface area contributed by atoms with Crippen LogP contribution in [0.25, 0.3) is 0 Å². The number of hydrogen-bond acceptors (Lipinski definition) is 4. The summed E-state index contributed by atoms with van der Waals surface area (Å²) in [6, 6.07) is 3.78. The monoisotopic (exact) mass is 337 g/mol. The summed E-state index contributed by atoms with van der Waals surface area (Å²) >= 11 is 7.47. The highest BCUT2D eigenvalue weighted by atomic mass is 35.5. The van der Waals surface area contributed by atoms with Gasteiger partial charge >= 0.3 is 0 Å². The van der Waals surface area contributed by atoms with Crippen LogP contribution in [0.1, 0.15) is 23.2 Å². The van der Waals surface area contributed by atoms with Crippen LogP contribution in [0.5, 0.6) is 0 Å². The third kappa shape index (κ3) is 5.27. The summed E-state index contributed by atoms with van der Waals surface area (Å²) in [5, 5.41) is 10.3. The van der Waals surface area contributed by atoms with Crippen LogP contribution in [0.2, 0.25) is 5.15 Å². The topological polar surface area (TPSA) is 62.2 Å². The van der Waals surface area contributed by atoms with Crippen molar-refractivity contribution in [1.29, 1.82) is 0 Å². The fourth-order valence-electron chi connectivity index (χ4n) is 1.87. The van der Waals surface area contributed by atoms with Crippen molar-refractivity contribution < 1.29 is 0 Å². The Kier molecular flexibility index (Phi) is 6.61. The minimum Gasteiger partial charge on any atom is -0.356 e. The standard InChI is InChI=1S/C15H20ClN5S/c1-3-14-21-12(10-22-14)9-20-15(17-2)18-7-6-11-4-5-13(16)19-8-11/h4-5,8,10H,3,6-7,9H2,1-2H3,(H2,17,18,20). The lowest BCUT2D eigenvalue weighted by molar-refractivity contribution is 0.783. The third-order valence-corrected chi connectivity index (χ3v) is 4.32. The Hall–Kier alpha value is -1.66. The number of rotatable bonds is 6. The zero-order chi connectivity index (χ0) is 15.8. The minimum absolute atomic E-state index is 0.517. The molecule has 118 valence electrons. The summed E-state index contributed by atoms with van der Waals surface area (Å²) in [5.74, 6) is 0.771. The van der Waals surface area contributed by atoms with Crippen LogP contribution in [-0.4, -0.2) is 29.5 Å². The van der Waals surface area contributed by atoms with E-state index < -0.39 is 0 Å². The van der Waals surface area contributed by atoms with Crippen LogP contribution in [0, 0.1) is 0 Å². The van der Waals surface area contributed by atoms with Crippen LogP contribution < -0.4 is 10.6 Å². The Labute approximate surface area is 139 Å². The van der Waals surface area contributed by atoms with Crippen LogP contribution in [0.15, 0.2) is 28.7 Å². The molecule has 0 bridgehead atoms. The third-order valence-electron chi connectivity index (χ3n) is 3.06. The van der Waals surface area contributed by atoms with Gasteiger partial charge in [-0.1, -0.05) is 24.6 Å². The molecule has 0 spiro atoms. The molecule has 0 saturated carbocycles. The van der Waals surface area contributed by atoms with Gasteiger partial charge in [-0.05, 0) is 24.5 Å². The summed E-state index contributed by atoms with van der Waals surface area (Å²) < 4.78 is 0. The lowest BCUT2D eigenvalue weighted by Gasteiger charge is -2.10. The molecule has 2 N–H and O–H groups in total. The molecule has 0 aliphatic carbocycles. The normalized spacial score (nSPS) is 11.5. The van der Waals surface area contributed by atoms with Gasteiger partial charge in [0.25, 0.3) is 0 Å². The molecule has 2 rings (SSSR count). The Morgan fingerprint density at radius 1 is 1.36 bits per heavy atom. The molecule has 0 unspecified atom stereocenters. The number of nitrogens with one attached hydrogen (secondary N) is 2. The van der Waals surface area contributed by atoms with E-state index in [4.69, 9.17) is 11.6 Å². The molecule has 0 radical (unpaired) electrons. The van der Waals surface area contributed by atoms with Crippen molar-refractivity contribution >= 4 is 28.9 Å². The number of pyridine rings is 1. The van der Waals surface area contributed by atoms with E-state index in [0.29, 0.717) is 11.7 Å². The van der Waals surface area contributed by atoms with Crippen molar-refractivity contribution in [2.24, 2.45) is 4.99 Å². The number of hydrogen-bond donors (Lipinski definition) is 2. The summed E-state index contributed by atoms with van der Waals surface area (Å²) in [7, 11) is 1.76. The first-order valence-electron chi connectivity index (χ1n) is 7.19. The summed E-state index contributed by atoms with van der Waals surface area (Å²) in [6.07, 6.45) is 3.63. The van der Waals surface area contributed by atoms with Crippen LogP contribution in [-0.2, 0) is 19.4 Å². The number of nitrogens with zero attached hydrogens (tertiary/aromatic N) is 3. The first kappa shape index (κ1) is 16.7. The van der Waals surface area contributed by atoms with E-state index in [0.717, 1.165) is 41.6 Å².